The fourth-order valence-electron chi connectivity index (χ4n) is 1.94. The first-order valence-corrected chi connectivity index (χ1v) is 8.53. The van der Waals surface area contributed by atoms with Gasteiger partial charge >= 0.3 is 6.18 Å². The number of hydrogen-bond acceptors (Lipinski definition) is 2. The van der Waals surface area contributed by atoms with Crippen LogP contribution in [-0.4, -0.2) is 11.2 Å². The van der Waals surface area contributed by atoms with Gasteiger partial charge in [-0.1, -0.05) is 41.9 Å². The van der Waals surface area contributed by atoms with Crippen LogP contribution in [0.4, 0.5) is 18.9 Å². The molecule has 2 rings (SSSR count). The van der Waals surface area contributed by atoms with E-state index in [1.54, 1.807) is 6.92 Å². The lowest BCUT2D eigenvalue weighted by Gasteiger charge is -2.14. The molecule has 0 unspecified atom stereocenters. The molecule has 0 saturated heterocycles. The van der Waals surface area contributed by atoms with Crippen LogP contribution in [-0.2, 0) is 16.7 Å². The molecule has 128 valence electrons. The molecule has 0 heterocycles. The minimum absolute atomic E-state index is 0.0730. The topological polar surface area (TPSA) is 29.1 Å². The Hall–Kier alpha value is -1.66. The van der Waals surface area contributed by atoms with Crippen molar-refractivity contribution in [2.45, 2.75) is 24.1 Å². The summed E-state index contributed by atoms with van der Waals surface area (Å²) >= 11 is 6.97. The van der Waals surface area contributed by atoms with Crippen molar-refractivity contribution < 1.29 is 18.0 Å². The highest BCUT2D eigenvalue weighted by Crippen LogP contribution is 2.36. The molecule has 7 heteroatoms. The Balaban J connectivity index is 1.99. The Morgan fingerprint density at radius 2 is 1.88 bits per heavy atom. The number of amides is 1. The van der Waals surface area contributed by atoms with Crippen LogP contribution in [0, 0.1) is 0 Å². The van der Waals surface area contributed by atoms with Gasteiger partial charge in [0.2, 0.25) is 5.91 Å². The lowest BCUT2D eigenvalue weighted by Crippen LogP contribution is -2.23. The van der Waals surface area contributed by atoms with Gasteiger partial charge in [0.1, 0.15) is 0 Å². The third-order valence-corrected chi connectivity index (χ3v) is 4.80. The maximum Gasteiger partial charge on any atom is 0.417 e. The summed E-state index contributed by atoms with van der Waals surface area (Å²) in [4.78, 5) is 12.1. The number of thioether (sulfide) groups is 1. The molecule has 0 spiro atoms. The number of alkyl halides is 3. The number of rotatable bonds is 5. The maximum atomic E-state index is 12.8. The number of carbonyl (C=O) groups is 1. The molecule has 0 fully saturated rings. The van der Waals surface area contributed by atoms with Crippen LogP contribution < -0.4 is 5.32 Å². The zero-order valence-corrected chi connectivity index (χ0v) is 14.3. The Morgan fingerprint density at radius 3 is 2.50 bits per heavy atom. The van der Waals surface area contributed by atoms with E-state index in [9.17, 15) is 18.0 Å². The molecule has 2 nitrogen and oxygen atoms in total. The number of hydrogen-bond donors (Lipinski definition) is 1. The molecule has 0 aromatic heterocycles. The first kappa shape index (κ1) is 18.7. The summed E-state index contributed by atoms with van der Waals surface area (Å²) in [6.45, 7) is 1.71. The van der Waals surface area contributed by atoms with E-state index in [1.807, 2.05) is 30.3 Å². The number of halogens is 4. The summed E-state index contributed by atoms with van der Waals surface area (Å²) in [6, 6.07) is 12.9. The van der Waals surface area contributed by atoms with Crippen LogP contribution in [0.1, 0.15) is 18.1 Å². The van der Waals surface area contributed by atoms with E-state index in [0.717, 1.165) is 17.7 Å². The summed E-state index contributed by atoms with van der Waals surface area (Å²) in [5, 5.41) is 1.70. The molecule has 0 aliphatic carbocycles. The van der Waals surface area contributed by atoms with Gasteiger partial charge in [-0.2, -0.15) is 13.2 Å². The minimum Gasteiger partial charge on any atom is -0.325 e. The average Bonchev–Trinajstić information content (AvgIpc) is 2.54. The van der Waals surface area contributed by atoms with Gasteiger partial charge in [0, 0.05) is 11.4 Å². The highest BCUT2D eigenvalue weighted by atomic mass is 35.5. The molecular formula is C17H15ClF3NOS. The lowest BCUT2D eigenvalue weighted by atomic mass is 10.2. The van der Waals surface area contributed by atoms with Crippen molar-refractivity contribution in [3.8, 4) is 0 Å². The molecule has 1 amide bonds. The van der Waals surface area contributed by atoms with Gasteiger partial charge in [-0.3, -0.25) is 4.79 Å². The molecule has 0 saturated carbocycles. The monoisotopic (exact) mass is 373 g/mol. The number of benzene rings is 2. The van der Waals surface area contributed by atoms with Gasteiger partial charge in [0.15, 0.2) is 0 Å². The summed E-state index contributed by atoms with van der Waals surface area (Å²) < 4.78 is 38.5. The van der Waals surface area contributed by atoms with Crippen LogP contribution in [0.5, 0.6) is 0 Å². The molecule has 2 aromatic carbocycles. The number of anilines is 1. The zero-order valence-electron chi connectivity index (χ0n) is 12.7. The lowest BCUT2D eigenvalue weighted by molar-refractivity contribution is -0.137. The number of carbonyl (C=O) groups excluding carboxylic acids is 1. The maximum absolute atomic E-state index is 12.8. The second kappa shape index (κ2) is 7.94. The van der Waals surface area contributed by atoms with Gasteiger partial charge in [-0.25, -0.2) is 0 Å². The summed E-state index contributed by atoms with van der Waals surface area (Å²) in [5.74, 6) is 0.287. The van der Waals surface area contributed by atoms with Crippen LogP contribution in [0.15, 0.2) is 48.5 Å². The second-order valence-electron chi connectivity index (χ2n) is 5.12. The van der Waals surface area contributed by atoms with Crippen LogP contribution in [0.2, 0.25) is 5.02 Å². The predicted molar refractivity (Wildman–Crippen MR) is 92.3 cm³/mol. The van der Waals surface area contributed by atoms with Crippen molar-refractivity contribution in [1.29, 1.82) is 0 Å². The molecule has 1 N–H and O–H groups in total. The molecule has 0 radical (unpaired) electrons. The normalized spacial score (nSPS) is 12.7. The van der Waals surface area contributed by atoms with Crippen LogP contribution in [0.25, 0.3) is 0 Å². The molecule has 24 heavy (non-hydrogen) atoms. The Kier molecular flexibility index (Phi) is 6.18. The van der Waals surface area contributed by atoms with Gasteiger partial charge in [-0.05, 0) is 30.7 Å². The SMILES string of the molecule is C[C@@H](SCc1ccccc1)C(=O)Nc1ccc(Cl)c(C(F)(F)F)c1. The van der Waals surface area contributed by atoms with E-state index >= 15 is 0 Å². The Labute approximate surface area is 147 Å². The predicted octanol–water partition coefficient (Wildman–Crippen LogP) is 5.62. The molecule has 0 aliphatic rings. The Morgan fingerprint density at radius 1 is 1.21 bits per heavy atom. The zero-order chi connectivity index (χ0) is 17.7. The molecular weight excluding hydrogens is 359 g/mol. The van der Waals surface area contributed by atoms with Gasteiger partial charge in [0.05, 0.1) is 15.8 Å². The standard InChI is InChI=1S/C17H15ClF3NOS/c1-11(24-10-12-5-3-2-4-6-12)16(23)22-13-7-8-15(18)14(9-13)17(19,20)21/h2-9,11H,10H2,1H3,(H,22,23)/t11-/m1/s1. The van der Waals surface area contributed by atoms with E-state index in [1.165, 1.54) is 17.8 Å². The van der Waals surface area contributed by atoms with Crippen molar-refractivity contribution in [3.63, 3.8) is 0 Å². The smallest absolute Gasteiger partial charge is 0.325 e. The average molecular weight is 374 g/mol. The fraction of sp³-hybridized carbons (Fsp3) is 0.235. The van der Waals surface area contributed by atoms with Gasteiger partial charge < -0.3 is 5.32 Å². The van der Waals surface area contributed by atoms with Crippen molar-refractivity contribution in [1.82, 2.24) is 0 Å². The molecule has 0 aliphatic heterocycles. The van der Waals surface area contributed by atoms with E-state index in [0.29, 0.717) is 5.75 Å². The highest BCUT2D eigenvalue weighted by Gasteiger charge is 2.33. The number of nitrogens with one attached hydrogen (secondary N) is 1. The third-order valence-electron chi connectivity index (χ3n) is 3.25. The first-order valence-electron chi connectivity index (χ1n) is 7.10. The Bertz CT molecular complexity index is 707. The van der Waals surface area contributed by atoms with Gasteiger partial charge in [0.25, 0.3) is 0 Å². The molecule has 2 aromatic rings. The fourth-order valence-corrected chi connectivity index (χ4v) is 3.01. The quantitative estimate of drug-likeness (QED) is 0.737. The van der Waals surface area contributed by atoms with E-state index in [4.69, 9.17) is 11.6 Å². The van der Waals surface area contributed by atoms with Crippen LogP contribution >= 0.6 is 23.4 Å². The summed E-state index contributed by atoms with van der Waals surface area (Å²) in [5.41, 5.74) is 0.184. The summed E-state index contributed by atoms with van der Waals surface area (Å²) in [6.07, 6.45) is -4.56. The molecule has 0 bridgehead atoms. The van der Waals surface area contributed by atoms with Crippen molar-refractivity contribution in [2.75, 3.05) is 5.32 Å². The van der Waals surface area contributed by atoms with E-state index in [2.05, 4.69) is 5.32 Å². The molecule has 1 atom stereocenters. The van der Waals surface area contributed by atoms with Crippen molar-refractivity contribution in [2.24, 2.45) is 0 Å². The van der Waals surface area contributed by atoms with Crippen molar-refractivity contribution >= 4 is 35.0 Å². The van der Waals surface area contributed by atoms with E-state index < -0.39 is 22.0 Å². The minimum atomic E-state index is -4.56. The van der Waals surface area contributed by atoms with Crippen molar-refractivity contribution in [3.05, 3.63) is 64.7 Å². The highest BCUT2D eigenvalue weighted by molar-refractivity contribution is 7.99. The second-order valence-corrected chi connectivity index (χ2v) is 6.86. The first-order chi connectivity index (χ1) is 11.3. The van der Waals surface area contributed by atoms with E-state index in [-0.39, 0.29) is 11.6 Å². The van der Waals surface area contributed by atoms with Gasteiger partial charge in [-0.15, -0.1) is 11.8 Å². The summed E-state index contributed by atoms with van der Waals surface area (Å²) in [7, 11) is 0. The third kappa shape index (κ3) is 5.18. The van der Waals surface area contributed by atoms with Crippen LogP contribution in [0.3, 0.4) is 0 Å². The largest absolute Gasteiger partial charge is 0.417 e.